The van der Waals surface area contributed by atoms with Gasteiger partial charge in [0.15, 0.2) is 11.5 Å². The van der Waals surface area contributed by atoms with Gasteiger partial charge >= 0.3 is 5.88 Å². The van der Waals surface area contributed by atoms with Crippen LogP contribution in [0.4, 0.5) is 5.88 Å². The van der Waals surface area contributed by atoms with Crippen LogP contribution in [-0.2, 0) is 0 Å². The van der Waals surface area contributed by atoms with Crippen LogP contribution >= 0.6 is 11.3 Å². The van der Waals surface area contributed by atoms with Crippen LogP contribution in [0, 0.1) is 10.1 Å². The molecule has 8 nitrogen and oxygen atoms in total. The summed E-state index contributed by atoms with van der Waals surface area (Å²) in [5, 5.41) is 16.8. The number of rotatable bonds is 5. The third kappa shape index (κ3) is 3.14. The van der Waals surface area contributed by atoms with E-state index in [-0.39, 0.29) is 11.6 Å². The Hall–Kier alpha value is -2.94. The molecule has 3 heterocycles. The Morgan fingerprint density at radius 3 is 2.96 bits per heavy atom. The van der Waals surface area contributed by atoms with Crippen LogP contribution in [0.5, 0.6) is 0 Å². The molecule has 0 aliphatic heterocycles. The topological polar surface area (TPSA) is 99.1 Å². The summed E-state index contributed by atoms with van der Waals surface area (Å²) in [6.07, 6.45) is 2.98. The van der Waals surface area contributed by atoms with Gasteiger partial charge in [0.2, 0.25) is 4.80 Å². The van der Waals surface area contributed by atoms with E-state index >= 15 is 0 Å². The molecule has 0 saturated carbocycles. The molecule has 118 valence electrons. The Kier molecular flexibility index (Phi) is 4.20. The lowest BCUT2D eigenvalue weighted by Crippen LogP contribution is -2.12. The summed E-state index contributed by atoms with van der Waals surface area (Å²) >= 11 is 1.43. The largest absolute Gasteiger partial charge is 0.463 e. The smallest absolute Gasteiger partial charge is 0.433 e. The number of nitro groups is 1. The molecule has 23 heavy (non-hydrogen) atoms. The molecule has 3 aromatic heterocycles. The maximum atomic E-state index is 10.6. The van der Waals surface area contributed by atoms with Crippen molar-refractivity contribution >= 4 is 23.4 Å². The molecule has 9 heteroatoms. The summed E-state index contributed by atoms with van der Waals surface area (Å²) in [7, 11) is 0. The van der Waals surface area contributed by atoms with E-state index in [0.717, 1.165) is 5.69 Å². The van der Waals surface area contributed by atoms with Crippen LogP contribution in [0.15, 0.2) is 54.8 Å². The van der Waals surface area contributed by atoms with Gasteiger partial charge in [0.05, 0.1) is 18.5 Å². The first-order valence-corrected chi connectivity index (χ1v) is 7.60. The molecule has 0 saturated heterocycles. The van der Waals surface area contributed by atoms with Crippen molar-refractivity contribution < 1.29 is 13.8 Å². The lowest BCUT2D eigenvalue weighted by Gasteiger charge is -1.99. The van der Waals surface area contributed by atoms with Crippen molar-refractivity contribution in [3.8, 4) is 11.5 Å². The Labute approximate surface area is 134 Å². The molecular weight excluding hydrogens is 320 g/mol. The van der Waals surface area contributed by atoms with Crippen LogP contribution in [-0.4, -0.2) is 22.4 Å². The van der Waals surface area contributed by atoms with Gasteiger partial charge in [-0.05, 0) is 25.1 Å². The Morgan fingerprint density at radius 1 is 1.43 bits per heavy atom. The summed E-state index contributed by atoms with van der Waals surface area (Å²) in [5.74, 6) is 0.608. The average molecular weight is 332 g/mol. The SMILES string of the molecule is CCN=c1scc(-c2ccco2)n1N=Cc1ccc([N+](=O)[O-])o1. The van der Waals surface area contributed by atoms with Crippen molar-refractivity contribution in [3.05, 3.63) is 56.6 Å². The summed E-state index contributed by atoms with van der Waals surface area (Å²) < 4.78 is 12.1. The minimum atomic E-state index is -0.596. The summed E-state index contributed by atoms with van der Waals surface area (Å²) in [6.45, 7) is 2.54. The minimum Gasteiger partial charge on any atom is -0.463 e. The standard InChI is InChI=1S/C14H12N4O4S/c1-2-15-14-17(11(9-23-14)12-4-3-7-21-12)16-8-10-5-6-13(22-10)18(19)20/h3-9H,2H2,1H3. The predicted octanol–water partition coefficient (Wildman–Crippen LogP) is 3.11. The van der Waals surface area contributed by atoms with Gasteiger partial charge in [0.1, 0.15) is 10.6 Å². The second-order valence-electron chi connectivity index (χ2n) is 4.34. The third-order valence-corrected chi connectivity index (χ3v) is 3.70. The average Bonchev–Trinajstić information content (AvgIpc) is 3.26. The van der Waals surface area contributed by atoms with Crippen molar-refractivity contribution in [3.63, 3.8) is 0 Å². The fraction of sp³-hybridized carbons (Fsp3) is 0.143. The Morgan fingerprint density at radius 2 is 2.30 bits per heavy atom. The van der Waals surface area contributed by atoms with E-state index < -0.39 is 4.92 Å². The Bertz CT molecular complexity index is 902. The fourth-order valence-corrected chi connectivity index (χ4v) is 2.76. The van der Waals surface area contributed by atoms with E-state index in [1.165, 1.54) is 29.7 Å². The molecule has 0 aliphatic rings. The zero-order valence-electron chi connectivity index (χ0n) is 12.1. The molecule has 0 atom stereocenters. The number of furan rings is 2. The number of hydrogen-bond donors (Lipinski definition) is 0. The second kappa shape index (κ2) is 6.44. The van der Waals surface area contributed by atoms with Gasteiger partial charge in [-0.25, -0.2) is 4.68 Å². The molecular formula is C14H12N4O4S. The monoisotopic (exact) mass is 332 g/mol. The van der Waals surface area contributed by atoms with Gasteiger partial charge in [0.25, 0.3) is 0 Å². The quantitative estimate of drug-likeness (QED) is 0.407. The molecule has 0 spiro atoms. The van der Waals surface area contributed by atoms with Gasteiger partial charge < -0.3 is 8.83 Å². The highest BCUT2D eigenvalue weighted by molar-refractivity contribution is 7.07. The highest BCUT2D eigenvalue weighted by Gasteiger charge is 2.12. The van der Waals surface area contributed by atoms with Crippen molar-refractivity contribution in [1.29, 1.82) is 0 Å². The molecule has 0 radical (unpaired) electrons. The first-order chi connectivity index (χ1) is 11.2. The van der Waals surface area contributed by atoms with Crippen molar-refractivity contribution in [1.82, 2.24) is 4.68 Å². The lowest BCUT2D eigenvalue weighted by atomic mass is 10.4. The van der Waals surface area contributed by atoms with E-state index in [4.69, 9.17) is 8.83 Å². The molecule has 0 aliphatic carbocycles. The third-order valence-electron chi connectivity index (χ3n) is 2.85. The minimum absolute atomic E-state index is 0.281. The van der Waals surface area contributed by atoms with E-state index in [0.29, 0.717) is 17.1 Å². The number of aromatic nitrogens is 1. The van der Waals surface area contributed by atoms with E-state index in [2.05, 4.69) is 10.1 Å². The van der Waals surface area contributed by atoms with Crippen molar-refractivity contribution in [2.24, 2.45) is 10.1 Å². The van der Waals surface area contributed by atoms with Gasteiger partial charge in [-0.2, -0.15) is 5.10 Å². The maximum Gasteiger partial charge on any atom is 0.433 e. The Balaban J connectivity index is 2.00. The highest BCUT2D eigenvalue weighted by Crippen LogP contribution is 2.20. The van der Waals surface area contributed by atoms with E-state index in [1.807, 2.05) is 18.4 Å². The van der Waals surface area contributed by atoms with Gasteiger partial charge in [-0.15, -0.1) is 11.3 Å². The second-order valence-corrected chi connectivity index (χ2v) is 5.18. The molecule has 3 aromatic rings. The molecule has 0 amide bonds. The molecule has 0 aromatic carbocycles. The normalized spacial score (nSPS) is 12.3. The highest BCUT2D eigenvalue weighted by atomic mass is 32.1. The van der Waals surface area contributed by atoms with Crippen LogP contribution < -0.4 is 4.80 Å². The van der Waals surface area contributed by atoms with Gasteiger partial charge in [-0.3, -0.25) is 15.1 Å². The number of hydrogen-bond acceptors (Lipinski definition) is 7. The molecule has 3 rings (SSSR count). The first kappa shape index (κ1) is 15.0. The van der Waals surface area contributed by atoms with E-state index in [1.54, 1.807) is 17.0 Å². The summed E-state index contributed by atoms with van der Waals surface area (Å²) in [4.78, 5) is 15.1. The van der Waals surface area contributed by atoms with E-state index in [9.17, 15) is 10.1 Å². The van der Waals surface area contributed by atoms with Gasteiger partial charge in [-0.1, -0.05) is 0 Å². The first-order valence-electron chi connectivity index (χ1n) is 6.72. The van der Waals surface area contributed by atoms with Crippen LogP contribution in [0.1, 0.15) is 12.7 Å². The maximum absolute atomic E-state index is 10.6. The summed E-state index contributed by atoms with van der Waals surface area (Å²) in [5.41, 5.74) is 0.740. The van der Waals surface area contributed by atoms with Crippen LogP contribution in [0.3, 0.4) is 0 Å². The van der Waals surface area contributed by atoms with Crippen molar-refractivity contribution in [2.75, 3.05) is 6.54 Å². The molecule has 0 N–H and O–H groups in total. The predicted molar refractivity (Wildman–Crippen MR) is 84.5 cm³/mol. The lowest BCUT2D eigenvalue weighted by molar-refractivity contribution is -0.402. The summed E-state index contributed by atoms with van der Waals surface area (Å²) in [6, 6.07) is 6.37. The molecule has 0 unspecified atom stereocenters. The fourth-order valence-electron chi connectivity index (χ4n) is 1.87. The number of thiazole rings is 1. The van der Waals surface area contributed by atoms with Crippen LogP contribution in [0.25, 0.3) is 11.5 Å². The molecule has 0 bridgehead atoms. The number of nitrogens with zero attached hydrogens (tertiary/aromatic N) is 4. The van der Waals surface area contributed by atoms with Crippen molar-refractivity contribution in [2.45, 2.75) is 6.92 Å². The zero-order chi connectivity index (χ0) is 16.2. The zero-order valence-corrected chi connectivity index (χ0v) is 12.9. The molecule has 0 fully saturated rings. The van der Waals surface area contributed by atoms with Crippen LogP contribution in [0.2, 0.25) is 0 Å². The van der Waals surface area contributed by atoms with Gasteiger partial charge in [0, 0.05) is 11.9 Å².